The van der Waals surface area contributed by atoms with Crippen molar-refractivity contribution in [1.29, 1.82) is 0 Å². The third-order valence-electron chi connectivity index (χ3n) is 4.24. The molecule has 22 heavy (non-hydrogen) atoms. The molecule has 0 amide bonds. The number of nitrogens with one attached hydrogen (secondary N) is 1. The summed E-state index contributed by atoms with van der Waals surface area (Å²) in [4.78, 5) is 19.0. The zero-order valence-corrected chi connectivity index (χ0v) is 12.3. The summed E-state index contributed by atoms with van der Waals surface area (Å²) < 4.78 is 1.46. The second kappa shape index (κ2) is 5.33. The van der Waals surface area contributed by atoms with Gasteiger partial charge < -0.3 is 4.90 Å². The largest absolute Gasteiger partial charge is 0.365 e. The molecule has 0 radical (unpaired) electrons. The van der Waals surface area contributed by atoms with E-state index in [1.165, 1.54) is 28.6 Å². The molecule has 3 aromatic rings. The molecule has 1 N–H and O–H groups in total. The van der Waals surface area contributed by atoms with Gasteiger partial charge in [0.25, 0.3) is 5.56 Å². The third-order valence-corrected chi connectivity index (χ3v) is 4.24. The number of aromatic amines is 1. The highest BCUT2D eigenvalue weighted by atomic mass is 16.1. The number of fused-ring (bicyclic) bond motifs is 2. The first-order valence-corrected chi connectivity index (χ1v) is 7.70. The number of aromatic nitrogens is 3. The molecule has 5 heteroatoms. The second-order valence-electron chi connectivity index (χ2n) is 5.75. The number of nitrogens with zero attached hydrogens (tertiary/aromatic N) is 3. The zero-order chi connectivity index (χ0) is 14.9. The lowest BCUT2D eigenvalue weighted by Crippen LogP contribution is -2.26. The van der Waals surface area contributed by atoms with Gasteiger partial charge in [-0.05, 0) is 30.9 Å². The van der Waals surface area contributed by atoms with Crippen LogP contribution in [0.25, 0.3) is 5.65 Å². The molecule has 3 heterocycles. The number of para-hydroxylation sites is 1. The Morgan fingerprint density at radius 2 is 2.09 bits per heavy atom. The Morgan fingerprint density at radius 3 is 3.05 bits per heavy atom. The van der Waals surface area contributed by atoms with Crippen molar-refractivity contribution in [2.24, 2.45) is 0 Å². The van der Waals surface area contributed by atoms with Crippen LogP contribution in [0.3, 0.4) is 0 Å². The predicted molar refractivity (Wildman–Crippen MR) is 86.2 cm³/mol. The predicted octanol–water partition coefficient (Wildman–Crippen LogP) is 2.37. The van der Waals surface area contributed by atoms with Gasteiger partial charge in [0, 0.05) is 30.6 Å². The number of H-pyrrole nitrogens is 1. The van der Waals surface area contributed by atoms with Gasteiger partial charge in [-0.3, -0.25) is 9.89 Å². The molecule has 112 valence electrons. The second-order valence-corrected chi connectivity index (χ2v) is 5.75. The molecule has 0 saturated heterocycles. The third kappa shape index (κ3) is 2.28. The van der Waals surface area contributed by atoms with Crippen molar-refractivity contribution in [3.63, 3.8) is 0 Å². The summed E-state index contributed by atoms with van der Waals surface area (Å²) in [5.41, 5.74) is 4.09. The first-order valence-electron chi connectivity index (χ1n) is 7.70. The van der Waals surface area contributed by atoms with E-state index in [-0.39, 0.29) is 5.56 Å². The molecule has 1 aliphatic heterocycles. The van der Waals surface area contributed by atoms with Crippen LogP contribution in [0.2, 0.25) is 0 Å². The first kappa shape index (κ1) is 13.1. The molecule has 0 bridgehead atoms. The van der Waals surface area contributed by atoms with E-state index < -0.39 is 0 Å². The minimum Gasteiger partial charge on any atom is -0.365 e. The molecular weight excluding hydrogens is 276 g/mol. The molecule has 1 aromatic carbocycles. The normalized spacial score (nSPS) is 14.8. The van der Waals surface area contributed by atoms with Crippen LogP contribution in [-0.2, 0) is 13.0 Å². The van der Waals surface area contributed by atoms with Crippen molar-refractivity contribution in [2.75, 3.05) is 11.4 Å². The molecule has 5 nitrogen and oxygen atoms in total. The van der Waals surface area contributed by atoms with Crippen LogP contribution >= 0.6 is 0 Å². The Balaban J connectivity index is 1.71. The topological polar surface area (TPSA) is 53.4 Å². The van der Waals surface area contributed by atoms with E-state index in [0.29, 0.717) is 12.2 Å². The molecule has 4 rings (SSSR count). The fourth-order valence-electron chi connectivity index (χ4n) is 3.19. The van der Waals surface area contributed by atoms with Crippen LogP contribution in [-0.4, -0.2) is 21.1 Å². The van der Waals surface area contributed by atoms with Gasteiger partial charge in [-0.25, -0.2) is 9.50 Å². The summed E-state index contributed by atoms with van der Waals surface area (Å²) in [6, 6.07) is 12.0. The van der Waals surface area contributed by atoms with Gasteiger partial charge in [-0.1, -0.05) is 18.2 Å². The van der Waals surface area contributed by atoms with E-state index in [0.717, 1.165) is 18.7 Å². The van der Waals surface area contributed by atoms with Gasteiger partial charge >= 0.3 is 0 Å². The Morgan fingerprint density at radius 1 is 1.18 bits per heavy atom. The number of anilines is 1. The number of rotatable bonds is 2. The highest BCUT2D eigenvalue weighted by Gasteiger charge is 2.16. The van der Waals surface area contributed by atoms with Crippen LogP contribution in [0.1, 0.15) is 24.1 Å². The maximum atomic E-state index is 12.1. The minimum atomic E-state index is -0.0619. The number of hydrogen-bond donors (Lipinski definition) is 1. The SMILES string of the molecule is O=c1cc(CN2CCCCc3ccccc32)nc2cc[nH]n12. The van der Waals surface area contributed by atoms with Gasteiger partial charge in [0.05, 0.1) is 12.2 Å². The fourth-order valence-corrected chi connectivity index (χ4v) is 3.19. The molecule has 1 aliphatic rings. The maximum absolute atomic E-state index is 12.1. The van der Waals surface area contributed by atoms with E-state index >= 15 is 0 Å². The Labute approximate surface area is 128 Å². The lowest BCUT2D eigenvalue weighted by Gasteiger charge is -2.24. The number of hydrogen-bond acceptors (Lipinski definition) is 3. The van der Waals surface area contributed by atoms with E-state index in [4.69, 9.17) is 0 Å². The summed E-state index contributed by atoms with van der Waals surface area (Å²) in [5.74, 6) is 0. The van der Waals surface area contributed by atoms with Crippen molar-refractivity contribution in [1.82, 2.24) is 14.6 Å². The van der Waals surface area contributed by atoms with E-state index in [2.05, 4.69) is 39.2 Å². The molecular formula is C17H18N4O. The average molecular weight is 294 g/mol. The van der Waals surface area contributed by atoms with E-state index in [1.54, 1.807) is 12.3 Å². The maximum Gasteiger partial charge on any atom is 0.272 e. The summed E-state index contributed by atoms with van der Waals surface area (Å²) in [7, 11) is 0. The Bertz CT molecular complexity index is 864. The van der Waals surface area contributed by atoms with Crippen molar-refractivity contribution in [2.45, 2.75) is 25.8 Å². The first-order chi connectivity index (χ1) is 10.8. The molecule has 0 atom stereocenters. The van der Waals surface area contributed by atoms with Crippen molar-refractivity contribution < 1.29 is 0 Å². The van der Waals surface area contributed by atoms with Crippen LogP contribution in [0.5, 0.6) is 0 Å². The van der Waals surface area contributed by atoms with Gasteiger partial charge in [0.15, 0.2) is 5.65 Å². The number of aryl methyl sites for hydroxylation is 1. The van der Waals surface area contributed by atoms with Crippen LogP contribution in [0.4, 0.5) is 5.69 Å². The molecule has 2 aromatic heterocycles. The summed E-state index contributed by atoms with van der Waals surface area (Å²) in [6.07, 6.45) is 5.23. The fraction of sp³-hybridized carbons (Fsp3) is 0.294. The van der Waals surface area contributed by atoms with Crippen LogP contribution in [0, 0.1) is 0 Å². The molecule has 0 unspecified atom stereocenters. The van der Waals surface area contributed by atoms with Crippen LogP contribution in [0.15, 0.2) is 47.4 Å². The van der Waals surface area contributed by atoms with Crippen molar-refractivity contribution in [3.05, 3.63) is 64.2 Å². The van der Waals surface area contributed by atoms with Gasteiger partial charge in [0.1, 0.15) is 0 Å². The lowest BCUT2D eigenvalue weighted by molar-refractivity contribution is 0.706. The summed E-state index contributed by atoms with van der Waals surface area (Å²) in [5, 5.41) is 2.87. The molecule has 0 spiro atoms. The van der Waals surface area contributed by atoms with Gasteiger partial charge in [0.2, 0.25) is 0 Å². The monoisotopic (exact) mass is 294 g/mol. The van der Waals surface area contributed by atoms with Crippen molar-refractivity contribution >= 4 is 11.3 Å². The Hall–Kier alpha value is -2.56. The summed E-state index contributed by atoms with van der Waals surface area (Å²) in [6.45, 7) is 1.68. The van der Waals surface area contributed by atoms with Gasteiger partial charge in [-0.15, -0.1) is 0 Å². The minimum absolute atomic E-state index is 0.0619. The standard InChI is InChI=1S/C17H18N4O/c22-17-11-14(19-16-8-9-18-21(16)17)12-20-10-4-3-6-13-5-1-2-7-15(13)20/h1-2,5,7-9,11,18H,3-4,6,10,12H2. The highest BCUT2D eigenvalue weighted by molar-refractivity contribution is 5.54. The van der Waals surface area contributed by atoms with E-state index in [1.807, 2.05) is 6.07 Å². The Kier molecular flexibility index (Phi) is 3.18. The lowest BCUT2D eigenvalue weighted by atomic mass is 10.1. The smallest absolute Gasteiger partial charge is 0.272 e. The number of benzene rings is 1. The molecule has 0 saturated carbocycles. The van der Waals surface area contributed by atoms with E-state index in [9.17, 15) is 4.79 Å². The van der Waals surface area contributed by atoms with Gasteiger partial charge in [-0.2, -0.15) is 0 Å². The molecule has 0 aliphatic carbocycles. The highest BCUT2D eigenvalue weighted by Crippen LogP contribution is 2.27. The van der Waals surface area contributed by atoms with Crippen LogP contribution < -0.4 is 10.5 Å². The quantitative estimate of drug-likeness (QED) is 0.789. The average Bonchev–Trinajstić information content (AvgIpc) is 2.91. The summed E-state index contributed by atoms with van der Waals surface area (Å²) >= 11 is 0. The zero-order valence-electron chi connectivity index (χ0n) is 12.3. The molecule has 0 fully saturated rings. The van der Waals surface area contributed by atoms with Crippen molar-refractivity contribution in [3.8, 4) is 0 Å².